The first-order valence-electron chi connectivity index (χ1n) is 6.78. The monoisotopic (exact) mass is 267 g/mol. The number of nitrogens with zero attached hydrogens (tertiary/aromatic N) is 2. The molecular formula is C16H17N3O. The molecule has 0 fully saturated rings. The molecule has 20 heavy (non-hydrogen) atoms. The van der Waals surface area contributed by atoms with Crippen LogP contribution in [-0.2, 0) is 0 Å². The van der Waals surface area contributed by atoms with Crippen molar-refractivity contribution in [3.8, 4) is 0 Å². The summed E-state index contributed by atoms with van der Waals surface area (Å²) in [4.78, 5) is 0. The van der Waals surface area contributed by atoms with E-state index in [-0.39, 0.29) is 6.04 Å². The Kier molecular flexibility index (Phi) is 3.48. The Morgan fingerprint density at radius 3 is 2.85 bits per heavy atom. The summed E-state index contributed by atoms with van der Waals surface area (Å²) in [7, 11) is 0. The van der Waals surface area contributed by atoms with Gasteiger partial charge in [0.2, 0.25) is 0 Å². The lowest BCUT2D eigenvalue weighted by Crippen LogP contribution is -2.21. The maximum atomic E-state index is 5.98. The number of furan rings is 1. The number of benzene rings is 1. The molecule has 3 aromatic rings. The highest BCUT2D eigenvalue weighted by Gasteiger charge is 2.17. The van der Waals surface area contributed by atoms with Crippen molar-refractivity contribution in [1.82, 2.24) is 15.5 Å². The van der Waals surface area contributed by atoms with Crippen molar-refractivity contribution in [3.05, 3.63) is 59.6 Å². The minimum atomic E-state index is 0.00297. The lowest BCUT2D eigenvalue weighted by atomic mass is 10.1. The number of rotatable bonds is 4. The van der Waals surface area contributed by atoms with Gasteiger partial charge in [-0.1, -0.05) is 18.6 Å². The minimum absolute atomic E-state index is 0.00297. The number of aryl methyl sites for hydroxylation is 1. The van der Waals surface area contributed by atoms with Crippen LogP contribution in [0.25, 0.3) is 11.0 Å². The second kappa shape index (κ2) is 5.43. The molecule has 1 atom stereocenters. The lowest BCUT2D eigenvalue weighted by Gasteiger charge is -2.14. The Morgan fingerprint density at radius 2 is 2.10 bits per heavy atom. The van der Waals surface area contributed by atoms with Crippen molar-refractivity contribution >= 4 is 11.0 Å². The maximum Gasteiger partial charge on any atom is 0.134 e. The van der Waals surface area contributed by atoms with Gasteiger partial charge in [-0.25, -0.2) is 0 Å². The van der Waals surface area contributed by atoms with Crippen LogP contribution in [0.15, 0.2) is 47.1 Å². The highest BCUT2D eigenvalue weighted by Crippen LogP contribution is 2.28. The predicted octanol–water partition coefficient (Wildman–Crippen LogP) is 3.23. The third kappa shape index (κ3) is 2.42. The van der Waals surface area contributed by atoms with E-state index in [1.807, 2.05) is 12.1 Å². The molecular weight excluding hydrogens is 250 g/mol. The second-order valence-electron chi connectivity index (χ2n) is 4.86. The molecule has 1 aromatic carbocycles. The van der Waals surface area contributed by atoms with Gasteiger partial charge >= 0.3 is 0 Å². The lowest BCUT2D eigenvalue weighted by molar-refractivity contribution is 0.476. The number of fused-ring (bicyclic) bond motifs is 1. The predicted molar refractivity (Wildman–Crippen MR) is 78.5 cm³/mol. The third-order valence-corrected chi connectivity index (χ3v) is 3.32. The summed E-state index contributed by atoms with van der Waals surface area (Å²) in [6.07, 6.45) is 3.47. The van der Waals surface area contributed by atoms with E-state index >= 15 is 0 Å². The summed E-state index contributed by atoms with van der Waals surface area (Å²) < 4.78 is 5.98. The van der Waals surface area contributed by atoms with Gasteiger partial charge < -0.3 is 9.73 Å². The number of nitrogens with one attached hydrogen (secondary N) is 1. The normalized spacial score (nSPS) is 12.7. The fourth-order valence-electron chi connectivity index (χ4n) is 2.38. The van der Waals surface area contributed by atoms with Crippen LogP contribution >= 0.6 is 0 Å². The molecule has 0 aliphatic heterocycles. The third-order valence-electron chi connectivity index (χ3n) is 3.32. The van der Waals surface area contributed by atoms with E-state index in [2.05, 4.69) is 47.6 Å². The van der Waals surface area contributed by atoms with Crippen molar-refractivity contribution in [2.45, 2.75) is 19.9 Å². The van der Waals surface area contributed by atoms with Crippen molar-refractivity contribution in [2.75, 3.05) is 6.54 Å². The van der Waals surface area contributed by atoms with E-state index in [1.165, 1.54) is 5.56 Å². The first kappa shape index (κ1) is 12.8. The Balaban J connectivity index is 2.05. The first-order valence-corrected chi connectivity index (χ1v) is 6.78. The smallest absolute Gasteiger partial charge is 0.134 e. The number of hydrogen-bond acceptors (Lipinski definition) is 4. The molecule has 0 saturated carbocycles. The molecule has 0 bridgehead atoms. The summed E-state index contributed by atoms with van der Waals surface area (Å²) in [5.74, 6) is 0.903. The Labute approximate surface area is 117 Å². The Morgan fingerprint density at radius 1 is 1.20 bits per heavy atom. The van der Waals surface area contributed by atoms with Gasteiger partial charge in [0.15, 0.2) is 0 Å². The Hall–Kier alpha value is -2.20. The van der Waals surface area contributed by atoms with Gasteiger partial charge in [-0.2, -0.15) is 10.2 Å². The number of aromatic nitrogens is 2. The molecule has 0 amide bonds. The van der Waals surface area contributed by atoms with E-state index in [4.69, 9.17) is 4.42 Å². The molecule has 4 nitrogen and oxygen atoms in total. The summed E-state index contributed by atoms with van der Waals surface area (Å²) in [5.41, 5.74) is 3.20. The van der Waals surface area contributed by atoms with E-state index in [9.17, 15) is 0 Å². The first-order chi connectivity index (χ1) is 9.78. The molecule has 0 spiro atoms. The fourth-order valence-corrected chi connectivity index (χ4v) is 2.38. The quantitative estimate of drug-likeness (QED) is 0.788. The zero-order valence-corrected chi connectivity index (χ0v) is 11.6. The molecule has 0 aliphatic carbocycles. The molecule has 3 rings (SSSR count). The van der Waals surface area contributed by atoms with E-state index < -0.39 is 0 Å². The van der Waals surface area contributed by atoms with Crippen molar-refractivity contribution in [3.63, 3.8) is 0 Å². The zero-order chi connectivity index (χ0) is 13.9. The molecule has 2 heterocycles. The average molecular weight is 267 g/mol. The largest absolute Gasteiger partial charge is 0.459 e. The highest BCUT2D eigenvalue weighted by atomic mass is 16.3. The van der Waals surface area contributed by atoms with Crippen molar-refractivity contribution < 1.29 is 4.42 Å². The molecule has 1 unspecified atom stereocenters. The molecule has 1 N–H and O–H groups in total. The van der Waals surface area contributed by atoms with Gasteiger partial charge in [0.05, 0.1) is 12.2 Å². The summed E-state index contributed by atoms with van der Waals surface area (Å²) >= 11 is 0. The zero-order valence-electron chi connectivity index (χ0n) is 11.6. The van der Waals surface area contributed by atoms with Crippen LogP contribution in [0.2, 0.25) is 0 Å². The van der Waals surface area contributed by atoms with Crippen LogP contribution in [0.1, 0.15) is 29.9 Å². The van der Waals surface area contributed by atoms with Gasteiger partial charge in [0, 0.05) is 11.6 Å². The maximum absolute atomic E-state index is 5.98. The standard InChI is InChI=1S/C16H17N3O/c1-3-17-16(12-6-7-18-19-10-12)15-9-13-8-11(2)4-5-14(13)20-15/h4-10,16-17H,3H2,1-2H3. The van der Waals surface area contributed by atoms with Crippen LogP contribution in [0, 0.1) is 6.92 Å². The highest BCUT2D eigenvalue weighted by molar-refractivity contribution is 5.78. The van der Waals surface area contributed by atoms with Gasteiger partial charge in [-0.05, 0) is 43.3 Å². The topological polar surface area (TPSA) is 51.0 Å². The van der Waals surface area contributed by atoms with E-state index in [0.717, 1.165) is 28.8 Å². The van der Waals surface area contributed by atoms with Gasteiger partial charge in [-0.15, -0.1) is 0 Å². The van der Waals surface area contributed by atoms with Crippen LogP contribution < -0.4 is 5.32 Å². The number of hydrogen-bond donors (Lipinski definition) is 1. The van der Waals surface area contributed by atoms with Crippen LogP contribution in [-0.4, -0.2) is 16.7 Å². The SMILES string of the molecule is CCNC(c1ccnnc1)c1cc2cc(C)ccc2o1. The van der Waals surface area contributed by atoms with Crippen LogP contribution in [0.4, 0.5) is 0 Å². The van der Waals surface area contributed by atoms with Crippen LogP contribution in [0.5, 0.6) is 0 Å². The molecule has 2 aromatic heterocycles. The van der Waals surface area contributed by atoms with Crippen molar-refractivity contribution in [1.29, 1.82) is 0 Å². The van der Waals surface area contributed by atoms with Crippen molar-refractivity contribution in [2.24, 2.45) is 0 Å². The molecule has 0 radical (unpaired) electrons. The van der Waals surface area contributed by atoms with Crippen LogP contribution in [0.3, 0.4) is 0 Å². The summed E-state index contributed by atoms with van der Waals surface area (Å²) in [6, 6.07) is 10.3. The molecule has 102 valence electrons. The van der Waals surface area contributed by atoms with Gasteiger partial charge in [-0.3, -0.25) is 0 Å². The van der Waals surface area contributed by atoms with Gasteiger partial charge in [0.1, 0.15) is 11.3 Å². The minimum Gasteiger partial charge on any atom is -0.459 e. The molecule has 0 saturated heterocycles. The molecule has 4 heteroatoms. The summed E-state index contributed by atoms with van der Waals surface area (Å²) in [6.45, 7) is 5.01. The van der Waals surface area contributed by atoms with Gasteiger partial charge in [0.25, 0.3) is 0 Å². The fraction of sp³-hybridized carbons (Fsp3) is 0.250. The molecule has 0 aliphatic rings. The summed E-state index contributed by atoms with van der Waals surface area (Å²) in [5, 5.41) is 12.3. The Bertz CT molecular complexity index is 706. The van der Waals surface area contributed by atoms with E-state index in [0.29, 0.717) is 0 Å². The average Bonchev–Trinajstić information content (AvgIpc) is 2.88. The van der Waals surface area contributed by atoms with E-state index in [1.54, 1.807) is 12.4 Å². The second-order valence-corrected chi connectivity index (χ2v) is 4.86.